The van der Waals surface area contributed by atoms with Crippen LogP contribution in [0.1, 0.15) is 27.5 Å². The maximum absolute atomic E-state index is 12.6. The lowest BCUT2D eigenvalue weighted by Gasteiger charge is -2.26. The van der Waals surface area contributed by atoms with Crippen LogP contribution >= 0.6 is 0 Å². The van der Waals surface area contributed by atoms with Crippen molar-refractivity contribution in [3.63, 3.8) is 0 Å². The van der Waals surface area contributed by atoms with Crippen LogP contribution in [0.5, 0.6) is 5.75 Å². The fourth-order valence-electron chi connectivity index (χ4n) is 2.61. The molecule has 4 nitrogen and oxygen atoms in total. The summed E-state index contributed by atoms with van der Waals surface area (Å²) in [6.07, 6.45) is -4.42. The van der Waals surface area contributed by atoms with Gasteiger partial charge in [-0.15, -0.1) is 0 Å². The van der Waals surface area contributed by atoms with E-state index in [4.69, 9.17) is 4.74 Å². The molecule has 26 heavy (non-hydrogen) atoms. The molecule has 0 saturated heterocycles. The molecule has 2 rings (SSSR count). The van der Waals surface area contributed by atoms with Gasteiger partial charge in [0.25, 0.3) is 5.91 Å². The molecule has 2 aromatic rings. The standard InChI is InChI=1S/C19H21F3N2O2/c1-24(2)16(15-6-4-5-7-17(15)26-3)12-23-18(25)13-8-10-14(11-9-13)19(20,21)22/h4-11,16H,12H2,1-3H3,(H,23,25)/t16-/m0/s1. The summed E-state index contributed by atoms with van der Waals surface area (Å²) < 4.78 is 43.2. The van der Waals surface area contributed by atoms with Crippen molar-refractivity contribution in [2.75, 3.05) is 27.7 Å². The lowest BCUT2D eigenvalue weighted by atomic mass is 10.0. The summed E-state index contributed by atoms with van der Waals surface area (Å²) in [5.41, 5.74) is 0.303. The number of carbonyl (C=O) groups excluding carboxylic acids is 1. The Labute approximate surface area is 150 Å². The smallest absolute Gasteiger partial charge is 0.416 e. The van der Waals surface area contributed by atoms with Crippen molar-refractivity contribution in [1.82, 2.24) is 10.2 Å². The summed E-state index contributed by atoms with van der Waals surface area (Å²) in [5.74, 6) is 0.274. The molecule has 0 heterocycles. The Kier molecular flexibility index (Phi) is 6.26. The molecule has 1 amide bonds. The fourth-order valence-corrected chi connectivity index (χ4v) is 2.61. The SMILES string of the molecule is COc1ccccc1[C@H](CNC(=O)c1ccc(C(F)(F)F)cc1)N(C)C. The van der Waals surface area contributed by atoms with Gasteiger partial charge >= 0.3 is 6.18 Å². The van der Waals surface area contributed by atoms with Crippen molar-refractivity contribution in [3.8, 4) is 5.75 Å². The van der Waals surface area contributed by atoms with Crippen LogP contribution in [0, 0.1) is 0 Å². The summed E-state index contributed by atoms with van der Waals surface area (Å²) in [6, 6.07) is 11.5. The van der Waals surface area contributed by atoms with E-state index in [1.165, 1.54) is 12.1 Å². The lowest BCUT2D eigenvalue weighted by molar-refractivity contribution is -0.137. The molecule has 2 aromatic carbocycles. The number of nitrogens with zero attached hydrogens (tertiary/aromatic N) is 1. The third-order valence-corrected chi connectivity index (χ3v) is 4.05. The maximum atomic E-state index is 12.6. The average molecular weight is 366 g/mol. The number of hydrogen-bond donors (Lipinski definition) is 1. The minimum absolute atomic E-state index is 0.149. The highest BCUT2D eigenvalue weighted by Crippen LogP contribution is 2.29. The Hall–Kier alpha value is -2.54. The van der Waals surface area contributed by atoms with Crippen LogP contribution in [0.3, 0.4) is 0 Å². The second-order valence-corrected chi connectivity index (χ2v) is 6.01. The molecule has 0 aromatic heterocycles. The summed E-state index contributed by atoms with van der Waals surface area (Å²) in [4.78, 5) is 14.2. The molecular formula is C19H21F3N2O2. The minimum atomic E-state index is -4.42. The number of para-hydroxylation sites is 1. The Morgan fingerprint density at radius 2 is 1.73 bits per heavy atom. The Morgan fingerprint density at radius 1 is 1.12 bits per heavy atom. The first kappa shape index (κ1) is 19.8. The Balaban J connectivity index is 2.10. The molecule has 0 fully saturated rings. The van der Waals surface area contributed by atoms with E-state index in [0.717, 1.165) is 17.7 Å². The second kappa shape index (κ2) is 8.23. The van der Waals surface area contributed by atoms with Crippen molar-refractivity contribution < 1.29 is 22.7 Å². The van der Waals surface area contributed by atoms with Crippen molar-refractivity contribution in [2.24, 2.45) is 0 Å². The van der Waals surface area contributed by atoms with Gasteiger partial charge in [0.1, 0.15) is 5.75 Å². The molecule has 0 aliphatic carbocycles. The van der Waals surface area contributed by atoms with Gasteiger partial charge in [0, 0.05) is 17.7 Å². The molecule has 7 heteroatoms. The zero-order valence-electron chi connectivity index (χ0n) is 14.8. The number of nitrogens with one attached hydrogen (secondary N) is 1. The van der Waals surface area contributed by atoms with Crippen LogP contribution < -0.4 is 10.1 Å². The predicted molar refractivity (Wildman–Crippen MR) is 93.2 cm³/mol. The molecule has 0 unspecified atom stereocenters. The van der Waals surface area contributed by atoms with Crippen molar-refractivity contribution in [1.29, 1.82) is 0 Å². The van der Waals surface area contributed by atoms with Crippen LogP contribution in [0.2, 0.25) is 0 Å². The monoisotopic (exact) mass is 366 g/mol. The summed E-state index contributed by atoms with van der Waals surface area (Å²) in [7, 11) is 5.33. The largest absolute Gasteiger partial charge is 0.496 e. The van der Waals surface area contributed by atoms with E-state index in [1.807, 2.05) is 43.3 Å². The molecule has 1 N–H and O–H groups in total. The highest BCUT2D eigenvalue weighted by Gasteiger charge is 2.30. The van der Waals surface area contributed by atoms with Gasteiger partial charge in [-0.25, -0.2) is 0 Å². The first-order valence-corrected chi connectivity index (χ1v) is 7.99. The molecule has 0 radical (unpaired) electrons. The zero-order chi connectivity index (χ0) is 19.3. The number of alkyl halides is 3. The number of likely N-dealkylation sites (N-methyl/N-ethyl adjacent to an activating group) is 1. The van der Waals surface area contributed by atoms with E-state index in [-0.39, 0.29) is 18.2 Å². The van der Waals surface area contributed by atoms with E-state index in [1.54, 1.807) is 7.11 Å². The minimum Gasteiger partial charge on any atom is -0.496 e. The van der Waals surface area contributed by atoms with E-state index < -0.39 is 17.6 Å². The topological polar surface area (TPSA) is 41.6 Å². The molecule has 140 valence electrons. The summed E-state index contributed by atoms with van der Waals surface area (Å²) in [5, 5.41) is 2.77. The van der Waals surface area contributed by atoms with Crippen LogP contribution in [0.15, 0.2) is 48.5 Å². The normalized spacial score (nSPS) is 12.7. The first-order valence-electron chi connectivity index (χ1n) is 7.99. The third kappa shape index (κ3) is 4.76. The molecule has 0 spiro atoms. The van der Waals surface area contributed by atoms with Gasteiger partial charge in [-0.2, -0.15) is 13.2 Å². The molecule has 0 bridgehead atoms. The van der Waals surface area contributed by atoms with Gasteiger partial charge in [0.2, 0.25) is 0 Å². The van der Waals surface area contributed by atoms with Crippen molar-refractivity contribution in [2.45, 2.75) is 12.2 Å². The number of methoxy groups -OCH3 is 1. The summed E-state index contributed by atoms with van der Waals surface area (Å²) >= 11 is 0. The third-order valence-electron chi connectivity index (χ3n) is 4.05. The highest BCUT2D eigenvalue weighted by molar-refractivity contribution is 5.94. The van der Waals surface area contributed by atoms with Gasteiger partial charge in [-0.1, -0.05) is 18.2 Å². The predicted octanol–water partition coefficient (Wildman–Crippen LogP) is 3.75. The van der Waals surface area contributed by atoms with Crippen LogP contribution in [-0.4, -0.2) is 38.6 Å². The van der Waals surface area contributed by atoms with Crippen LogP contribution in [0.4, 0.5) is 13.2 Å². The van der Waals surface area contributed by atoms with E-state index in [2.05, 4.69) is 5.32 Å². The second-order valence-electron chi connectivity index (χ2n) is 6.01. The Bertz CT molecular complexity index is 743. The quantitative estimate of drug-likeness (QED) is 0.847. The van der Waals surface area contributed by atoms with E-state index in [0.29, 0.717) is 5.75 Å². The number of carbonyl (C=O) groups is 1. The summed E-state index contributed by atoms with van der Waals surface area (Å²) in [6.45, 7) is 0.285. The molecule has 0 saturated carbocycles. The molecule has 0 aliphatic heterocycles. The van der Waals surface area contributed by atoms with Gasteiger partial charge in [-0.3, -0.25) is 4.79 Å². The average Bonchev–Trinajstić information content (AvgIpc) is 2.61. The maximum Gasteiger partial charge on any atom is 0.416 e. The first-order chi connectivity index (χ1) is 12.2. The lowest BCUT2D eigenvalue weighted by Crippen LogP contribution is -2.34. The molecule has 1 atom stereocenters. The number of rotatable bonds is 6. The highest BCUT2D eigenvalue weighted by atomic mass is 19.4. The number of halogens is 3. The van der Waals surface area contributed by atoms with Gasteiger partial charge < -0.3 is 15.0 Å². The number of amides is 1. The van der Waals surface area contributed by atoms with E-state index >= 15 is 0 Å². The fraction of sp³-hybridized carbons (Fsp3) is 0.316. The van der Waals surface area contributed by atoms with Gasteiger partial charge in [0.05, 0.1) is 18.7 Å². The van der Waals surface area contributed by atoms with Crippen molar-refractivity contribution in [3.05, 3.63) is 65.2 Å². The number of benzene rings is 2. The zero-order valence-corrected chi connectivity index (χ0v) is 14.8. The molecular weight excluding hydrogens is 345 g/mol. The number of ether oxygens (including phenoxy) is 1. The van der Waals surface area contributed by atoms with Gasteiger partial charge in [0.15, 0.2) is 0 Å². The molecule has 0 aliphatic rings. The van der Waals surface area contributed by atoms with Gasteiger partial charge in [-0.05, 0) is 44.4 Å². The van der Waals surface area contributed by atoms with E-state index in [9.17, 15) is 18.0 Å². The Morgan fingerprint density at radius 3 is 2.27 bits per heavy atom. The van der Waals surface area contributed by atoms with Crippen LogP contribution in [-0.2, 0) is 6.18 Å². The van der Waals surface area contributed by atoms with Crippen LogP contribution in [0.25, 0.3) is 0 Å². The number of hydrogen-bond acceptors (Lipinski definition) is 3. The van der Waals surface area contributed by atoms with Crippen molar-refractivity contribution >= 4 is 5.91 Å².